The maximum Gasteiger partial charge on any atom is 0.318 e. The molecule has 0 unspecified atom stereocenters. The Kier molecular flexibility index (Phi) is 7.80. The molecule has 0 fully saturated rings. The summed E-state index contributed by atoms with van der Waals surface area (Å²) in [6.45, 7) is 5.89. The summed E-state index contributed by atoms with van der Waals surface area (Å²) >= 11 is 0. The Morgan fingerprint density at radius 2 is 1.88 bits per heavy atom. The van der Waals surface area contributed by atoms with Crippen LogP contribution in [0.2, 0.25) is 0 Å². The molecule has 3 rings (SSSR count). The van der Waals surface area contributed by atoms with Gasteiger partial charge in [-0.2, -0.15) is 0 Å². The molecule has 2 N–H and O–H groups in total. The lowest BCUT2D eigenvalue weighted by Gasteiger charge is -2.20. The number of ether oxygens (including phenoxy) is 1. The van der Waals surface area contributed by atoms with Crippen LogP contribution in [0.25, 0.3) is 16.9 Å². The third-order valence-corrected chi connectivity index (χ3v) is 4.75. The molecule has 0 aliphatic carbocycles. The number of rotatable bonds is 9. The van der Waals surface area contributed by atoms with Gasteiger partial charge in [0.05, 0.1) is 12.8 Å². The average Bonchev–Trinajstić information content (AvgIpc) is 3.23. The van der Waals surface area contributed by atoms with Crippen LogP contribution in [0.3, 0.4) is 0 Å². The van der Waals surface area contributed by atoms with Crippen molar-refractivity contribution in [1.82, 2.24) is 19.8 Å². The molecule has 0 saturated carbocycles. The van der Waals surface area contributed by atoms with E-state index in [0.717, 1.165) is 5.56 Å². The number of nitrogens with zero attached hydrogens (tertiary/aromatic N) is 3. The largest absolute Gasteiger partial charge is 0.497 e. The summed E-state index contributed by atoms with van der Waals surface area (Å²) in [6, 6.07) is 12.8. The Bertz CT molecular complexity index is 1110. The standard InChI is InChI=1S/C24H26FN5O3/c1-4-14-29(24(32)26-5-2)16-22(31)28-23-27-21(17-6-12-20(33-3)13-7-17)15-30(23)19-10-8-18(25)9-11-19/h4,6-13,15H,1,5,14,16H2,2-3H3,(H,26,32)(H,27,28,31). The molecule has 8 nitrogen and oxygen atoms in total. The molecule has 33 heavy (non-hydrogen) atoms. The molecular formula is C24H26FN5O3. The zero-order valence-electron chi connectivity index (χ0n) is 18.5. The summed E-state index contributed by atoms with van der Waals surface area (Å²) in [5.74, 6) is 0.143. The van der Waals surface area contributed by atoms with Crippen LogP contribution in [0.4, 0.5) is 15.1 Å². The molecule has 0 radical (unpaired) electrons. The second kappa shape index (κ2) is 10.9. The summed E-state index contributed by atoms with van der Waals surface area (Å²) in [4.78, 5) is 30.9. The minimum absolute atomic E-state index is 0.188. The number of anilines is 1. The number of imidazole rings is 1. The summed E-state index contributed by atoms with van der Waals surface area (Å²) in [6.07, 6.45) is 3.29. The van der Waals surface area contributed by atoms with Gasteiger partial charge in [0.25, 0.3) is 0 Å². The van der Waals surface area contributed by atoms with Crippen molar-refractivity contribution < 1.29 is 18.7 Å². The highest BCUT2D eigenvalue weighted by Crippen LogP contribution is 2.26. The molecule has 0 aliphatic heterocycles. The number of carbonyl (C=O) groups is 2. The number of hydrogen-bond donors (Lipinski definition) is 2. The van der Waals surface area contributed by atoms with Crippen LogP contribution in [0, 0.1) is 5.82 Å². The molecule has 0 spiro atoms. The van der Waals surface area contributed by atoms with Crippen molar-refractivity contribution >= 4 is 17.9 Å². The van der Waals surface area contributed by atoms with Gasteiger partial charge in [-0.3, -0.25) is 14.7 Å². The lowest BCUT2D eigenvalue weighted by molar-refractivity contribution is -0.116. The lowest BCUT2D eigenvalue weighted by Crippen LogP contribution is -2.44. The van der Waals surface area contributed by atoms with E-state index in [-0.39, 0.29) is 30.9 Å². The zero-order valence-corrected chi connectivity index (χ0v) is 18.5. The number of urea groups is 1. The van der Waals surface area contributed by atoms with Crippen LogP contribution in [0.15, 0.2) is 67.4 Å². The minimum atomic E-state index is -0.432. The van der Waals surface area contributed by atoms with E-state index in [1.54, 1.807) is 43.0 Å². The van der Waals surface area contributed by atoms with Gasteiger partial charge in [-0.15, -0.1) is 6.58 Å². The lowest BCUT2D eigenvalue weighted by atomic mass is 10.1. The topological polar surface area (TPSA) is 88.5 Å². The molecule has 3 amide bonds. The molecule has 3 aromatic rings. The van der Waals surface area contributed by atoms with E-state index in [9.17, 15) is 14.0 Å². The highest BCUT2D eigenvalue weighted by Gasteiger charge is 2.18. The number of methoxy groups -OCH3 is 1. The van der Waals surface area contributed by atoms with E-state index in [4.69, 9.17) is 4.74 Å². The first-order chi connectivity index (χ1) is 15.9. The number of halogens is 1. The SMILES string of the molecule is C=CCN(CC(=O)Nc1nc(-c2ccc(OC)cc2)cn1-c1ccc(F)cc1)C(=O)NCC. The number of nitrogens with one attached hydrogen (secondary N) is 2. The van der Waals surface area contributed by atoms with Crippen molar-refractivity contribution in [2.75, 3.05) is 32.1 Å². The fourth-order valence-electron chi connectivity index (χ4n) is 3.14. The molecular weight excluding hydrogens is 425 g/mol. The summed E-state index contributed by atoms with van der Waals surface area (Å²) in [5, 5.41) is 5.43. The van der Waals surface area contributed by atoms with Gasteiger partial charge < -0.3 is 15.0 Å². The van der Waals surface area contributed by atoms with Crippen LogP contribution in [-0.4, -0.2) is 53.1 Å². The number of hydrogen-bond acceptors (Lipinski definition) is 4. The van der Waals surface area contributed by atoms with Crippen molar-refractivity contribution in [3.05, 3.63) is 73.2 Å². The van der Waals surface area contributed by atoms with Crippen LogP contribution < -0.4 is 15.4 Å². The van der Waals surface area contributed by atoms with E-state index in [2.05, 4.69) is 22.2 Å². The quantitative estimate of drug-likeness (QED) is 0.484. The Hall–Kier alpha value is -4.14. The van der Waals surface area contributed by atoms with Crippen LogP contribution in [0.1, 0.15) is 6.92 Å². The minimum Gasteiger partial charge on any atom is -0.497 e. The Morgan fingerprint density at radius 3 is 2.48 bits per heavy atom. The molecule has 1 aromatic heterocycles. The van der Waals surface area contributed by atoms with Gasteiger partial charge >= 0.3 is 6.03 Å². The highest BCUT2D eigenvalue weighted by atomic mass is 19.1. The fraction of sp³-hybridized carbons (Fsp3) is 0.208. The Morgan fingerprint density at radius 1 is 1.18 bits per heavy atom. The zero-order chi connectivity index (χ0) is 23.8. The first-order valence-corrected chi connectivity index (χ1v) is 10.4. The first kappa shape index (κ1) is 23.5. The molecule has 0 saturated heterocycles. The normalized spacial score (nSPS) is 10.4. The highest BCUT2D eigenvalue weighted by molar-refractivity contribution is 5.93. The van der Waals surface area contributed by atoms with E-state index >= 15 is 0 Å². The summed E-state index contributed by atoms with van der Waals surface area (Å²) < 4.78 is 20.3. The van der Waals surface area contributed by atoms with Gasteiger partial charge in [0, 0.05) is 30.5 Å². The van der Waals surface area contributed by atoms with Gasteiger partial charge in [-0.25, -0.2) is 14.2 Å². The molecule has 0 bridgehead atoms. The van der Waals surface area contributed by atoms with Crippen molar-refractivity contribution in [3.63, 3.8) is 0 Å². The van der Waals surface area contributed by atoms with E-state index in [1.165, 1.54) is 17.0 Å². The average molecular weight is 452 g/mol. The van der Waals surface area contributed by atoms with Crippen molar-refractivity contribution in [2.24, 2.45) is 0 Å². The summed E-state index contributed by atoms with van der Waals surface area (Å²) in [7, 11) is 1.59. The maximum absolute atomic E-state index is 13.5. The van der Waals surface area contributed by atoms with E-state index < -0.39 is 5.91 Å². The number of aromatic nitrogens is 2. The molecule has 9 heteroatoms. The third kappa shape index (κ3) is 5.97. The van der Waals surface area contributed by atoms with Gasteiger partial charge in [0.1, 0.15) is 18.1 Å². The van der Waals surface area contributed by atoms with E-state index in [0.29, 0.717) is 23.7 Å². The Labute approximate surface area is 191 Å². The molecule has 172 valence electrons. The van der Waals surface area contributed by atoms with Gasteiger partial charge in [0.15, 0.2) is 0 Å². The van der Waals surface area contributed by atoms with Gasteiger partial charge in [-0.05, 0) is 55.5 Å². The van der Waals surface area contributed by atoms with Crippen molar-refractivity contribution in [1.29, 1.82) is 0 Å². The Balaban J connectivity index is 1.90. The second-order valence-electron chi connectivity index (χ2n) is 7.08. The third-order valence-electron chi connectivity index (χ3n) is 4.75. The van der Waals surface area contributed by atoms with Gasteiger partial charge in [-0.1, -0.05) is 6.08 Å². The molecule has 0 atom stereocenters. The fourth-order valence-corrected chi connectivity index (χ4v) is 3.14. The van der Waals surface area contributed by atoms with Crippen LogP contribution in [0.5, 0.6) is 5.75 Å². The second-order valence-corrected chi connectivity index (χ2v) is 7.08. The predicted octanol–water partition coefficient (Wildman–Crippen LogP) is 3.84. The van der Waals surface area contributed by atoms with Crippen molar-refractivity contribution in [2.45, 2.75) is 6.92 Å². The molecule has 2 aromatic carbocycles. The first-order valence-electron chi connectivity index (χ1n) is 10.4. The van der Waals surface area contributed by atoms with E-state index in [1.807, 2.05) is 24.3 Å². The maximum atomic E-state index is 13.5. The predicted molar refractivity (Wildman–Crippen MR) is 125 cm³/mol. The van der Waals surface area contributed by atoms with Crippen LogP contribution in [-0.2, 0) is 4.79 Å². The van der Waals surface area contributed by atoms with Gasteiger partial charge in [0.2, 0.25) is 11.9 Å². The number of carbonyl (C=O) groups excluding carboxylic acids is 2. The van der Waals surface area contributed by atoms with Crippen LogP contribution >= 0.6 is 0 Å². The number of benzene rings is 2. The summed E-state index contributed by atoms with van der Waals surface area (Å²) in [5.41, 5.74) is 2.03. The molecule has 1 heterocycles. The smallest absolute Gasteiger partial charge is 0.318 e. The van der Waals surface area contributed by atoms with Crippen molar-refractivity contribution in [3.8, 4) is 22.7 Å². The molecule has 0 aliphatic rings. The monoisotopic (exact) mass is 451 g/mol. The number of amides is 3.